The number of hydrogen-bond donors (Lipinski definition) is 1. The smallest absolute Gasteiger partial charge is 0.338 e. The zero-order valence-electron chi connectivity index (χ0n) is 11.2. The Kier molecular flexibility index (Phi) is 4.47. The van der Waals surface area contributed by atoms with Gasteiger partial charge in [-0.15, -0.1) is 0 Å². The molecule has 0 unspecified atom stereocenters. The van der Waals surface area contributed by atoms with Gasteiger partial charge in [0.05, 0.1) is 22.4 Å². The number of rotatable bonds is 4. The van der Waals surface area contributed by atoms with Crippen LogP contribution in [-0.4, -0.2) is 23.5 Å². The third kappa shape index (κ3) is 3.21. The molecule has 0 saturated heterocycles. The van der Waals surface area contributed by atoms with Crippen molar-refractivity contribution in [3.63, 3.8) is 0 Å². The Hall–Kier alpha value is -2.21. The molecule has 0 aliphatic carbocycles. The summed E-state index contributed by atoms with van der Waals surface area (Å²) < 4.78 is 5.77. The summed E-state index contributed by atoms with van der Waals surface area (Å²) in [6.45, 7) is 3.87. The standard InChI is InChI=1S/C14H14N2O3S/c1-3-5-12(17)16-14-15-10-7-6-9(8-11(10)20-14)13(18)19-4-2/h3,5-8H,4H2,1-2H3,(H,15,16,17). The van der Waals surface area contributed by atoms with Gasteiger partial charge in [0.25, 0.3) is 0 Å². The molecule has 6 heteroatoms. The zero-order valence-corrected chi connectivity index (χ0v) is 12.0. The maximum Gasteiger partial charge on any atom is 0.338 e. The molecule has 1 aromatic heterocycles. The van der Waals surface area contributed by atoms with Crippen molar-refractivity contribution in [3.8, 4) is 0 Å². The van der Waals surface area contributed by atoms with Crippen LogP contribution in [0.4, 0.5) is 5.13 Å². The number of amides is 1. The molecule has 2 rings (SSSR count). The highest BCUT2D eigenvalue weighted by molar-refractivity contribution is 7.22. The van der Waals surface area contributed by atoms with Crippen LogP contribution in [0.5, 0.6) is 0 Å². The molecule has 0 fully saturated rings. The van der Waals surface area contributed by atoms with Crippen LogP contribution in [0.2, 0.25) is 0 Å². The molecule has 0 atom stereocenters. The molecule has 1 N–H and O–H groups in total. The van der Waals surface area contributed by atoms with Crippen molar-refractivity contribution >= 4 is 38.6 Å². The van der Waals surface area contributed by atoms with Gasteiger partial charge in [0.2, 0.25) is 5.91 Å². The number of nitrogens with zero attached hydrogens (tertiary/aromatic N) is 1. The molecule has 0 aliphatic rings. The fourth-order valence-electron chi connectivity index (χ4n) is 1.62. The highest BCUT2D eigenvalue weighted by Gasteiger charge is 2.10. The number of nitrogens with one attached hydrogen (secondary N) is 1. The number of fused-ring (bicyclic) bond motifs is 1. The third-order valence-corrected chi connectivity index (χ3v) is 3.38. The highest BCUT2D eigenvalue weighted by Crippen LogP contribution is 2.27. The van der Waals surface area contributed by atoms with Crippen molar-refractivity contribution in [1.82, 2.24) is 4.98 Å². The number of thiazole rings is 1. The number of esters is 1. The van der Waals surface area contributed by atoms with Crippen molar-refractivity contribution in [2.45, 2.75) is 13.8 Å². The van der Waals surface area contributed by atoms with E-state index >= 15 is 0 Å². The van der Waals surface area contributed by atoms with Gasteiger partial charge in [-0.3, -0.25) is 10.1 Å². The minimum absolute atomic E-state index is 0.225. The summed E-state index contributed by atoms with van der Waals surface area (Å²) >= 11 is 1.32. The molecule has 0 bridgehead atoms. The van der Waals surface area contributed by atoms with E-state index < -0.39 is 0 Å². The van der Waals surface area contributed by atoms with Gasteiger partial charge in [-0.25, -0.2) is 9.78 Å². The average molecular weight is 290 g/mol. The molecule has 104 valence electrons. The van der Waals surface area contributed by atoms with Crippen LogP contribution in [0, 0.1) is 0 Å². The maximum absolute atomic E-state index is 11.6. The molecule has 0 saturated carbocycles. The Balaban J connectivity index is 2.25. The predicted octanol–water partition coefficient (Wildman–Crippen LogP) is 2.99. The Morgan fingerprint density at radius 3 is 2.95 bits per heavy atom. The summed E-state index contributed by atoms with van der Waals surface area (Å²) in [5.41, 5.74) is 1.22. The number of ether oxygens (including phenoxy) is 1. The fourth-order valence-corrected chi connectivity index (χ4v) is 2.53. The molecule has 0 aliphatic heterocycles. The van der Waals surface area contributed by atoms with Crippen molar-refractivity contribution in [2.24, 2.45) is 0 Å². The van der Waals surface area contributed by atoms with Gasteiger partial charge >= 0.3 is 5.97 Å². The van der Waals surface area contributed by atoms with Crippen LogP contribution >= 0.6 is 11.3 Å². The molecule has 20 heavy (non-hydrogen) atoms. The Bertz CT molecular complexity index is 676. The van der Waals surface area contributed by atoms with Gasteiger partial charge < -0.3 is 4.74 Å². The molecule has 0 spiro atoms. The number of carbonyl (C=O) groups is 2. The number of allylic oxidation sites excluding steroid dienone is 1. The second-order valence-corrected chi connectivity index (χ2v) is 4.94. The lowest BCUT2D eigenvalue weighted by Gasteiger charge is -2.00. The number of hydrogen-bond acceptors (Lipinski definition) is 5. The van der Waals surface area contributed by atoms with Crippen LogP contribution in [0.25, 0.3) is 10.2 Å². The number of anilines is 1. The van der Waals surface area contributed by atoms with Crippen molar-refractivity contribution in [2.75, 3.05) is 11.9 Å². The van der Waals surface area contributed by atoms with E-state index in [2.05, 4.69) is 10.3 Å². The van der Waals surface area contributed by atoms with Gasteiger partial charge in [-0.05, 0) is 38.1 Å². The van der Waals surface area contributed by atoms with E-state index in [0.717, 1.165) is 10.2 Å². The van der Waals surface area contributed by atoms with E-state index in [0.29, 0.717) is 17.3 Å². The second-order valence-electron chi connectivity index (χ2n) is 3.91. The van der Waals surface area contributed by atoms with Crippen LogP contribution in [0.3, 0.4) is 0 Å². The number of aromatic nitrogens is 1. The third-order valence-electron chi connectivity index (χ3n) is 2.45. The summed E-state index contributed by atoms with van der Waals surface area (Å²) in [7, 11) is 0. The van der Waals surface area contributed by atoms with Gasteiger partial charge in [0, 0.05) is 0 Å². The first-order valence-electron chi connectivity index (χ1n) is 6.15. The van der Waals surface area contributed by atoms with E-state index in [-0.39, 0.29) is 11.9 Å². The first-order chi connectivity index (χ1) is 9.63. The highest BCUT2D eigenvalue weighted by atomic mass is 32.1. The van der Waals surface area contributed by atoms with E-state index in [1.54, 1.807) is 38.1 Å². The normalized spacial score (nSPS) is 10.9. The largest absolute Gasteiger partial charge is 0.462 e. The molecule has 0 radical (unpaired) electrons. The maximum atomic E-state index is 11.6. The first kappa shape index (κ1) is 14.2. The van der Waals surface area contributed by atoms with Crippen LogP contribution < -0.4 is 5.32 Å². The lowest BCUT2D eigenvalue weighted by atomic mass is 10.2. The molecule has 2 aromatic rings. The predicted molar refractivity (Wildman–Crippen MR) is 79.0 cm³/mol. The van der Waals surface area contributed by atoms with E-state index in [9.17, 15) is 9.59 Å². The summed E-state index contributed by atoms with van der Waals surface area (Å²) in [6.07, 6.45) is 3.08. The molecule has 1 aromatic carbocycles. The molecular weight excluding hydrogens is 276 g/mol. The zero-order chi connectivity index (χ0) is 14.5. The van der Waals surface area contributed by atoms with E-state index in [4.69, 9.17) is 4.74 Å². The Labute approximate surface area is 120 Å². The van der Waals surface area contributed by atoms with Crippen molar-refractivity contribution in [3.05, 3.63) is 35.9 Å². The minimum atomic E-state index is -0.359. The van der Waals surface area contributed by atoms with E-state index in [1.165, 1.54) is 17.4 Å². The van der Waals surface area contributed by atoms with Crippen LogP contribution in [-0.2, 0) is 9.53 Å². The van der Waals surface area contributed by atoms with Gasteiger partial charge in [0.1, 0.15) is 0 Å². The lowest BCUT2D eigenvalue weighted by Crippen LogP contribution is -2.06. The summed E-state index contributed by atoms with van der Waals surface area (Å²) in [6, 6.07) is 5.12. The van der Waals surface area contributed by atoms with Crippen molar-refractivity contribution < 1.29 is 14.3 Å². The number of carbonyl (C=O) groups excluding carboxylic acids is 2. The lowest BCUT2D eigenvalue weighted by molar-refractivity contribution is -0.111. The first-order valence-corrected chi connectivity index (χ1v) is 6.97. The van der Waals surface area contributed by atoms with Gasteiger partial charge in [-0.1, -0.05) is 17.4 Å². The summed E-state index contributed by atoms with van der Waals surface area (Å²) in [5, 5.41) is 3.18. The minimum Gasteiger partial charge on any atom is -0.462 e. The topological polar surface area (TPSA) is 68.3 Å². The average Bonchev–Trinajstić information content (AvgIpc) is 2.80. The summed E-state index contributed by atoms with van der Waals surface area (Å²) in [5.74, 6) is -0.584. The van der Waals surface area contributed by atoms with Crippen LogP contribution in [0.15, 0.2) is 30.4 Å². The number of benzene rings is 1. The quantitative estimate of drug-likeness (QED) is 0.694. The monoisotopic (exact) mass is 290 g/mol. The Morgan fingerprint density at radius 1 is 1.45 bits per heavy atom. The van der Waals surface area contributed by atoms with Gasteiger partial charge in [-0.2, -0.15) is 0 Å². The molecular formula is C14H14N2O3S. The summed E-state index contributed by atoms with van der Waals surface area (Å²) in [4.78, 5) is 27.4. The Morgan fingerprint density at radius 2 is 2.25 bits per heavy atom. The molecule has 1 amide bonds. The van der Waals surface area contributed by atoms with Crippen LogP contribution in [0.1, 0.15) is 24.2 Å². The SMILES string of the molecule is CC=CC(=O)Nc1nc2ccc(C(=O)OCC)cc2s1. The molecule has 1 heterocycles. The van der Waals surface area contributed by atoms with Gasteiger partial charge in [0.15, 0.2) is 5.13 Å². The molecule has 5 nitrogen and oxygen atoms in total. The second kappa shape index (κ2) is 6.29. The van der Waals surface area contributed by atoms with Crippen molar-refractivity contribution in [1.29, 1.82) is 0 Å². The van der Waals surface area contributed by atoms with E-state index in [1.807, 2.05) is 0 Å². The fraction of sp³-hybridized carbons (Fsp3) is 0.214.